The molecule has 1 aromatic rings. The summed E-state index contributed by atoms with van der Waals surface area (Å²) in [5, 5.41) is 0. The van der Waals surface area contributed by atoms with E-state index in [1.807, 2.05) is 12.1 Å². The van der Waals surface area contributed by atoms with Gasteiger partial charge in [0, 0.05) is 0 Å². The Bertz CT molecular complexity index is 290. The fourth-order valence-corrected chi connectivity index (χ4v) is 1.28. The first-order valence-corrected chi connectivity index (χ1v) is 5.23. The smallest absolute Gasteiger partial charge is 0.229 e. The highest BCUT2D eigenvalue weighted by atomic mass is 16.7. The van der Waals surface area contributed by atoms with Crippen LogP contribution >= 0.6 is 0 Å². The third kappa shape index (κ3) is 3.66. The molecule has 1 aromatic carbocycles. The minimum atomic E-state index is 0.214. The van der Waals surface area contributed by atoms with E-state index in [1.54, 1.807) is 0 Å². The van der Waals surface area contributed by atoms with Gasteiger partial charge in [-0.3, -0.25) is 0 Å². The molecule has 0 bridgehead atoms. The molecule has 0 aromatic heterocycles. The Morgan fingerprint density at radius 2 is 2.00 bits per heavy atom. The van der Waals surface area contributed by atoms with Gasteiger partial charge in [0.2, 0.25) is 6.79 Å². The lowest BCUT2D eigenvalue weighted by Crippen LogP contribution is -1.98. The van der Waals surface area contributed by atoms with E-state index in [2.05, 4.69) is 32.6 Å². The molecule has 0 radical (unpaired) electrons. The Kier molecular flexibility index (Phi) is 4.75. The molecule has 0 N–H and O–H groups in total. The second-order valence-electron chi connectivity index (χ2n) is 3.47. The Morgan fingerprint density at radius 3 is 2.53 bits per heavy atom. The van der Waals surface area contributed by atoms with Gasteiger partial charge in [0.15, 0.2) is 0 Å². The molecular formula is C13H18O2. The largest absolute Gasteiger partial charge is 0.466 e. The predicted molar refractivity (Wildman–Crippen MR) is 61.9 cm³/mol. The van der Waals surface area contributed by atoms with Gasteiger partial charge in [-0.2, -0.15) is 0 Å². The SMILES string of the molecule is C=COCOc1ccc(C(C)CC)cc1. The van der Waals surface area contributed by atoms with Crippen LogP contribution in [0.4, 0.5) is 0 Å². The second kappa shape index (κ2) is 6.12. The highest BCUT2D eigenvalue weighted by Gasteiger charge is 2.02. The van der Waals surface area contributed by atoms with Crippen LogP contribution in [0, 0.1) is 0 Å². The molecule has 1 rings (SSSR count). The van der Waals surface area contributed by atoms with Crippen molar-refractivity contribution < 1.29 is 9.47 Å². The van der Waals surface area contributed by atoms with Crippen LogP contribution in [0.25, 0.3) is 0 Å². The normalized spacial score (nSPS) is 11.9. The summed E-state index contributed by atoms with van der Waals surface area (Å²) in [6.07, 6.45) is 2.52. The summed E-state index contributed by atoms with van der Waals surface area (Å²) in [6.45, 7) is 8.06. The monoisotopic (exact) mass is 206 g/mol. The summed E-state index contributed by atoms with van der Waals surface area (Å²) in [4.78, 5) is 0. The van der Waals surface area contributed by atoms with Crippen molar-refractivity contribution in [2.75, 3.05) is 6.79 Å². The van der Waals surface area contributed by atoms with Gasteiger partial charge in [-0.05, 0) is 30.0 Å². The summed E-state index contributed by atoms with van der Waals surface area (Å²) in [7, 11) is 0. The molecule has 0 saturated carbocycles. The van der Waals surface area contributed by atoms with E-state index >= 15 is 0 Å². The van der Waals surface area contributed by atoms with Crippen molar-refractivity contribution in [1.29, 1.82) is 0 Å². The molecule has 82 valence electrons. The molecule has 0 fully saturated rings. The first kappa shape index (κ1) is 11.6. The molecule has 0 aliphatic rings. The number of ether oxygens (including phenoxy) is 2. The van der Waals surface area contributed by atoms with Gasteiger partial charge in [0.1, 0.15) is 5.75 Å². The van der Waals surface area contributed by atoms with Gasteiger partial charge in [-0.15, -0.1) is 0 Å². The third-order valence-electron chi connectivity index (χ3n) is 2.47. The van der Waals surface area contributed by atoms with E-state index in [0.29, 0.717) is 5.92 Å². The topological polar surface area (TPSA) is 18.5 Å². The minimum Gasteiger partial charge on any atom is -0.466 e. The van der Waals surface area contributed by atoms with E-state index in [4.69, 9.17) is 9.47 Å². The van der Waals surface area contributed by atoms with Gasteiger partial charge in [-0.1, -0.05) is 32.6 Å². The molecule has 0 spiro atoms. The van der Waals surface area contributed by atoms with E-state index in [9.17, 15) is 0 Å². The average molecular weight is 206 g/mol. The maximum absolute atomic E-state index is 5.32. The van der Waals surface area contributed by atoms with Crippen LogP contribution in [0.3, 0.4) is 0 Å². The second-order valence-corrected chi connectivity index (χ2v) is 3.47. The average Bonchev–Trinajstić information content (AvgIpc) is 2.29. The molecule has 2 nitrogen and oxygen atoms in total. The van der Waals surface area contributed by atoms with E-state index in [0.717, 1.165) is 12.2 Å². The third-order valence-corrected chi connectivity index (χ3v) is 2.47. The van der Waals surface area contributed by atoms with Gasteiger partial charge in [-0.25, -0.2) is 0 Å². The first-order valence-electron chi connectivity index (χ1n) is 5.23. The van der Waals surface area contributed by atoms with Crippen molar-refractivity contribution in [3.8, 4) is 5.75 Å². The number of hydrogen-bond donors (Lipinski definition) is 0. The van der Waals surface area contributed by atoms with Gasteiger partial charge < -0.3 is 9.47 Å². The molecule has 1 unspecified atom stereocenters. The quantitative estimate of drug-likeness (QED) is 0.401. The molecule has 0 heterocycles. The molecule has 0 amide bonds. The van der Waals surface area contributed by atoms with Crippen molar-refractivity contribution in [3.05, 3.63) is 42.7 Å². The summed E-state index contributed by atoms with van der Waals surface area (Å²) in [5.41, 5.74) is 1.34. The standard InChI is InChI=1S/C13H18O2/c1-4-11(3)12-6-8-13(9-7-12)15-10-14-5-2/h5-9,11H,2,4,10H2,1,3H3. The fourth-order valence-electron chi connectivity index (χ4n) is 1.28. The Morgan fingerprint density at radius 1 is 1.33 bits per heavy atom. The molecule has 1 atom stereocenters. The zero-order valence-electron chi connectivity index (χ0n) is 9.40. The number of rotatable bonds is 6. The Labute approximate surface area is 91.5 Å². The van der Waals surface area contributed by atoms with Crippen molar-refractivity contribution in [1.82, 2.24) is 0 Å². The van der Waals surface area contributed by atoms with E-state index in [1.165, 1.54) is 11.8 Å². The maximum atomic E-state index is 5.32. The zero-order valence-corrected chi connectivity index (χ0v) is 9.40. The van der Waals surface area contributed by atoms with Gasteiger partial charge in [0.25, 0.3) is 0 Å². The maximum Gasteiger partial charge on any atom is 0.229 e. The van der Waals surface area contributed by atoms with Crippen LogP contribution in [0.5, 0.6) is 5.75 Å². The van der Waals surface area contributed by atoms with Crippen molar-refractivity contribution >= 4 is 0 Å². The van der Waals surface area contributed by atoms with Crippen LogP contribution in [0.2, 0.25) is 0 Å². The summed E-state index contributed by atoms with van der Waals surface area (Å²) < 4.78 is 10.2. The lowest BCUT2D eigenvalue weighted by atomic mass is 9.99. The minimum absolute atomic E-state index is 0.214. The van der Waals surface area contributed by atoms with Crippen molar-refractivity contribution in [3.63, 3.8) is 0 Å². The summed E-state index contributed by atoms with van der Waals surface area (Å²) in [5.74, 6) is 1.42. The molecule has 0 saturated heterocycles. The number of hydrogen-bond acceptors (Lipinski definition) is 2. The molecule has 0 aliphatic carbocycles. The first-order chi connectivity index (χ1) is 7.27. The molecule has 0 aliphatic heterocycles. The van der Waals surface area contributed by atoms with Crippen LogP contribution in [0.15, 0.2) is 37.1 Å². The lowest BCUT2D eigenvalue weighted by molar-refractivity contribution is 0.0806. The zero-order chi connectivity index (χ0) is 11.1. The summed E-state index contributed by atoms with van der Waals surface area (Å²) in [6, 6.07) is 8.12. The van der Waals surface area contributed by atoms with Crippen LogP contribution in [0.1, 0.15) is 31.7 Å². The van der Waals surface area contributed by atoms with Crippen LogP contribution in [-0.4, -0.2) is 6.79 Å². The van der Waals surface area contributed by atoms with Crippen LogP contribution in [-0.2, 0) is 4.74 Å². The Balaban J connectivity index is 2.52. The van der Waals surface area contributed by atoms with Gasteiger partial charge >= 0.3 is 0 Å². The number of benzene rings is 1. The molecule has 15 heavy (non-hydrogen) atoms. The highest BCUT2D eigenvalue weighted by Crippen LogP contribution is 2.21. The van der Waals surface area contributed by atoms with E-state index in [-0.39, 0.29) is 6.79 Å². The predicted octanol–water partition coefficient (Wildman–Crippen LogP) is 3.70. The van der Waals surface area contributed by atoms with Gasteiger partial charge in [0.05, 0.1) is 6.26 Å². The van der Waals surface area contributed by atoms with Crippen molar-refractivity contribution in [2.24, 2.45) is 0 Å². The van der Waals surface area contributed by atoms with Crippen LogP contribution < -0.4 is 4.74 Å². The fraction of sp³-hybridized carbons (Fsp3) is 0.385. The molecular weight excluding hydrogens is 188 g/mol. The van der Waals surface area contributed by atoms with Crippen molar-refractivity contribution in [2.45, 2.75) is 26.2 Å². The van der Waals surface area contributed by atoms with E-state index < -0.39 is 0 Å². The lowest BCUT2D eigenvalue weighted by Gasteiger charge is -2.10. The Hall–Kier alpha value is -1.44. The molecule has 2 heteroatoms. The highest BCUT2D eigenvalue weighted by molar-refractivity contribution is 5.29. The summed E-state index contributed by atoms with van der Waals surface area (Å²) >= 11 is 0.